The van der Waals surface area contributed by atoms with Crippen LogP contribution in [0.2, 0.25) is 5.02 Å². The van der Waals surface area contributed by atoms with Crippen molar-refractivity contribution in [3.05, 3.63) is 45.5 Å². The number of nitrogens with zero attached hydrogens (tertiary/aromatic N) is 3. The number of rotatable bonds is 10. The Morgan fingerprint density at radius 3 is 2.53 bits per heavy atom. The normalized spacial score (nSPS) is 14.3. The number of benzene rings is 2. The maximum Gasteiger partial charge on any atom is 0.318 e. The van der Waals surface area contributed by atoms with Gasteiger partial charge in [0.15, 0.2) is 11.5 Å². The molecule has 0 bridgehead atoms. The Labute approximate surface area is 192 Å². The van der Waals surface area contributed by atoms with Gasteiger partial charge in [-0.25, -0.2) is 0 Å². The molecule has 0 unspecified atom stereocenters. The van der Waals surface area contributed by atoms with Crippen LogP contribution in [0.5, 0.6) is 23.0 Å². The van der Waals surface area contributed by atoms with Crippen molar-refractivity contribution in [2.45, 2.75) is 12.8 Å². The Kier molecular flexibility index (Phi) is 8.24. The van der Waals surface area contributed by atoms with Crippen LogP contribution in [-0.2, 0) is 0 Å². The summed E-state index contributed by atoms with van der Waals surface area (Å²) < 4.78 is 16.0. The molecule has 32 heavy (non-hydrogen) atoms. The number of halogens is 1. The van der Waals surface area contributed by atoms with E-state index in [0.717, 1.165) is 51.3 Å². The van der Waals surface area contributed by atoms with Crippen LogP contribution in [0, 0.1) is 10.1 Å². The van der Waals surface area contributed by atoms with Crippen LogP contribution in [0.3, 0.4) is 0 Å². The second kappa shape index (κ2) is 11.1. The zero-order valence-electron chi connectivity index (χ0n) is 18.3. The molecule has 0 atom stereocenters. The summed E-state index contributed by atoms with van der Waals surface area (Å²) in [7, 11) is 2.79. The van der Waals surface area contributed by atoms with Crippen LogP contribution < -0.4 is 19.1 Å². The fourth-order valence-corrected chi connectivity index (χ4v) is 3.91. The monoisotopic (exact) mass is 465 g/mol. The minimum Gasteiger partial charge on any atom is -0.504 e. The summed E-state index contributed by atoms with van der Waals surface area (Å²) in [6, 6.07) is 8.35. The number of aromatic hydroxyl groups is 1. The van der Waals surface area contributed by atoms with Gasteiger partial charge in [0, 0.05) is 32.2 Å². The quantitative estimate of drug-likeness (QED) is 0.320. The number of phenolic OH excluding ortho intramolecular Hbond substituents is 1. The molecule has 10 heteroatoms. The van der Waals surface area contributed by atoms with E-state index in [-0.39, 0.29) is 22.9 Å². The largest absolute Gasteiger partial charge is 0.504 e. The van der Waals surface area contributed by atoms with E-state index in [1.807, 2.05) is 12.1 Å². The predicted octanol–water partition coefficient (Wildman–Crippen LogP) is 3.95. The number of methoxy groups -OCH3 is 2. The third kappa shape index (κ3) is 5.66. The van der Waals surface area contributed by atoms with Crippen LogP contribution in [0.25, 0.3) is 0 Å². The molecule has 1 saturated heterocycles. The molecule has 1 fully saturated rings. The molecule has 2 aromatic rings. The first-order valence-electron chi connectivity index (χ1n) is 10.4. The number of ether oxygens (including phenoxy) is 3. The van der Waals surface area contributed by atoms with E-state index < -0.39 is 4.92 Å². The molecule has 0 radical (unpaired) electrons. The number of phenols is 1. The summed E-state index contributed by atoms with van der Waals surface area (Å²) in [5, 5.41) is 21.8. The Balaban J connectivity index is 1.42. The van der Waals surface area contributed by atoms with Crippen molar-refractivity contribution >= 4 is 23.0 Å². The van der Waals surface area contributed by atoms with Gasteiger partial charge in [0.25, 0.3) is 0 Å². The molecule has 1 N–H and O–H groups in total. The highest BCUT2D eigenvalue weighted by atomic mass is 35.5. The van der Waals surface area contributed by atoms with Gasteiger partial charge >= 0.3 is 5.69 Å². The van der Waals surface area contributed by atoms with E-state index in [0.29, 0.717) is 17.4 Å². The van der Waals surface area contributed by atoms with Gasteiger partial charge in [-0.15, -0.1) is 0 Å². The molecule has 0 saturated carbocycles. The highest BCUT2D eigenvalue weighted by Gasteiger charge is 2.22. The predicted molar refractivity (Wildman–Crippen MR) is 123 cm³/mol. The minimum atomic E-state index is -0.517. The third-order valence-electron chi connectivity index (χ3n) is 5.45. The summed E-state index contributed by atoms with van der Waals surface area (Å²) in [5.74, 6) is 0.856. The van der Waals surface area contributed by atoms with E-state index >= 15 is 0 Å². The maximum absolute atomic E-state index is 11.3. The molecule has 1 aliphatic heterocycles. The third-order valence-corrected chi connectivity index (χ3v) is 5.75. The average Bonchev–Trinajstić information content (AvgIpc) is 2.80. The van der Waals surface area contributed by atoms with E-state index in [4.69, 9.17) is 25.8 Å². The first-order valence-corrected chi connectivity index (χ1v) is 10.8. The molecule has 0 spiro atoms. The smallest absolute Gasteiger partial charge is 0.318 e. The van der Waals surface area contributed by atoms with Crippen LogP contribution >= 0.6 is 11.6 Å². The van der Waals surface area contributed by atoms with Crippen molar-refractivity contribution in [2.24, 2.45) is 0 Å². The number of para-hydroxylation sites is 1. The molecule has 174 valence electrons. The molecule has 0 amide bonds. The van der Waals surface area contributed by atoms with Gasteiger partial charge in [0.1, 0.15) is 5.75 Å². The van der Waals surface area contributed by atoms with E-state index in [1.165, 1.54) is 20.3 Å². The standard InChI is InChI=1S/C22H28ClN3O6/c1-30-20-15-16(14-19(26(28)29)22(20)31-2)32-13-4-3-8-24-9-11-25(12-10-24)18-7-5-6-17(23)21(18)27/h5-7,14-15,27H,3-4,8-13H2,1-2H3. The Morgan fingerprint density at radius 1 is 1.12 bits per heavy atom. The van der Waals surface area contributed by atoms with E-state index in [1.54, 1.807) is 12.1 Å². The molecular formula is C22H28ClN3O6. The fourth-order valence-electron chi connectivity index (χ4n) is 3.74. The number of nitro benzene ring substituents is 1. The lowest BCUT2D eigenvalue weighted by atomic mass is 10.2. The number of nitro groups is 1. The Bertz CT molecular complexity index is 934. The summed E-state index contributed by atoms with van der Waals surface area (Å²) >= 11 is 6.01. The topological polar surface area (TPSA) is 97.5 Å². The van der Waals surface area contributed by atoms with Crippen molar-refractivity contribution < 1.29 is 24.2 Å². The number of piperazine rings is 1. The molecule has 1 aliphatic rings. The Morgan fingerprint density at radius 2 is 1.88 bits per heavy atom. The SMILES string of the molecule is COc1cc(OCCCCN2CCN(c3cccc(Cl)c3O)CC2)cc([N+](=O)[O-])c1OC. The zero-order chi connectivity index (χ0) is 23.1. The van der Waals surface area contributed by atoms with Gasteiger partial charge in [-0.2, -0.15) is 0 Å². The van der Waals surface area contributed by atoms with Crippen molar-refractivity contribution in [1.82, 2.24) is 4.90 Å². The summed E-state index contributed by atoms with van der Waals surface area (Å²) in [4.78, 5) is 15.3. The van der Waals surface area contributed by atoms with Crippen molar-refractivity contribution in [3.8, 4) is 23.0 Å². The second-order valence-corrected chi connectivity index (χ2v) is 7.83. The lowest BCUT2D eigenvalue weighted by molar-refractivity contribution is -0.385. The van der Waals surface area contributed by atoms with Gasteiger partial charge in [0.05, 0.1) is 42.5 Å². The summed E-state index contributed by atoms with van der Waals surface area (Å²) in [6.07, 6.45) is 1.76. The summed E-state index contributed by atoms with van der Waals surface area (Å²) in [6.45, 7) is 4.82. The lowest BCUT2D eigenvalue weighted by Gasteiger charge is -2.36. The molecular weight excluding hydrogens is 438 g/mol. The van der Waals surface area contributed by atoms with Gasteiger partial charge in [0.2, 0.25) is 5.75 Å². The van der Waals surface area contributed by atoms with Crippen LogP contribution in [-0.4, -0.2) is 68.5 Å². The van der Waals surface area contributed by atoms with Crippen molar-refractivity contribution in [1.29, 1.82) is 0 Å². The van der Waals surface area contributed by atoms with E-state index in [2.05, 4.69) is 9.80 Å². The first kappa shape index (κ1) is 23.7. The van der Waals surface area contributed by atoms with Gasteiger partial charge in [-0.1, -0.05) is 17.7 Å². The van der Waals surface area contributed by atoms with Crippen molar-refractivity contribution in [3.63, 3.8) is 0 Å². The average molecular weight is 466 g/mol. The summed E-state index contributed by atoms with van der Waals surface area (Å²) in [5.41, 5.74) is 0.583. The molecule has 9 nitrogen and oxygen atoms in total. The second-order valence-electron chi connectivity index (χ2n) is 7.43. The number of hydrogen-bond acceptors (Lipinski definition) is 8. The number of anilines is 1. The fraction of sp³-hybridized carbons (Fsp3) is 0.455. The zero-order valence-corrected chi connectivity index (χ0v) is 19.0. The van der Waals surface area contributed by atoms with Crippen LogP contribution in [0.1, 0.15) is 12.8 Å². The van der Waals surface area contributed by atoms with Crippen molar-refractivity contribution in [2.75, 3.05) is 58.5 Å². The number of unbranched alkanes of at least 4 members (excludes halogenated alkanes) is 1. The molecule has 1 heterocycles. The first-order chi connectivity index (χ1) is 15.4. The molecule has 0 aliphatic carbocycles. The van der Waals surface area contributed by atoms with Gasteiger partial charge in [-0.05, 0) is 31.5 Å². The van der Waals surface area contributed by atoms with Gasteiger partial charge < -0.3 is 24.2 Å². The highest BCUT2D eigenvalue weighted by Crippen LogP contribution is 2.40. The maximum atomic E-state index is 11.3. The molecule has 2 aromatic carbocycles. The lowest BCUT2D eigenvalue weighted by Crippen LogP contribution is -2.46. The number of hydrogen-bond donors (Lipinski definition) is 1. The minimum absolute atomic E-state index is 0.0788. The van der Waals surface area contributed by atoms with Gasteiger partial charge in [-0.3, -0.25) is 15.0 Å². The highest BCUT2D eigenvalue weighted by molar-refractivity contribution is 6.32. The molecule has 0 aromatic heterocycles. The Hall–Kier alpha value is -2.91. The molecule has 3 rings (SSSR count). The van der Waals surface area contributed by atoms with Crippen LogP contribution in [0.4, 0.5) is 11.4 Å². The van der Waals surface area contributed by atoms with Crippen LogP contribution in [0.15, 0.2) is 30.3 Å². The van der Waals surface area contributed by atoms with E-state index in [9.17, 15) is 15.2 Å².